The van der Waals surface area contributed by atoms with E-state index >= 15 is 0 Å². The van der Waals surface area contributed by atoms with Crippen molar-refractivity contribution in [2.24, 2.45) is 11.7 Å². The number of hydrogen-bond donors (Lipinski definition) is 1. The van der Waals surface area contributed by atoms with E-state index in [2.05, 4.69) is 0 Å². The summed E-state index contributed by atoms with van der Waals surface area (Å²) in [6.45, 7) is 1.66. The first-order valence-electron chi connectivity index (χ1n) is 4.74. The molecule has 1 aliphatic rings. The van der Waals surface area contributed by atoms with Crippen molar-refractivity contribution >= 4 is 0 Å². The SMILES string of the molecule is NC(c1ccco1)C1CCOCC1. The number of ether oxygens (including phenoxy) is 1. The zero-order valence-electron chi connectivity index (χ0n) is 7.61. The first-order chi connectivity index (χ1) is 6.38. The Morgan fingerprint density at radius 3 is 2.77 bits per heavy atom. The van der Waals surface area contributed by atoms with Gasteiger partial charge in [-0.25, -0.2) is 0 Å². The molecule has 1 aromatic rings. The van der Waals surface area contributed by atoms with Crippen LogP contribution in [0.2, 0.25) is 0 Å². The molecule has 0 aromatic carbocycles. The molecule has 1 aromatic heterocycles. The summed E-state index contributed by atoms with van der Waals surface area (Å²) in [7, 11) is 0. The fourth-order valence-corrected chi connectivity index (χ4v) is 1.79. The lowest BCUT2D eigenvalue weighted by Crippen LogP contribution is -2.27. The predicted octanol–water partition coefficient (Wildman–Crippen LogP) is 1.71. The summed E-state index contributed by atoms with van der Waals surface area (Å²) in [5, 5.41) is 0. The lowest BCUT2D eigenvalue weighted by atomic mass is 9.91. The molecule has 0 aliphatic carbocycles. The molecule has 1 aliphatic heterocycles. The fraction of sp³-hybridized carbons (Fsp3) is 0.600. The third-order valence-electron chi connectivity index (χ3n) is 2.65. The van der Waals surface area contributed by atoms with E-state index in [0.717, 1.165) is 31.8 Å². The van der Waals surface area contributed by atoms with Crippen molar-refractivity contribution in [3.05, 3.63) is 24.2 Å². The molecular formula is C10H15NO2. The smallest absolute Gasteiger partial charge is 0.120 e. The van der Waals surface area contributed by atoms with Crippen molar-refractivity contribution in [1.82, 2.24) is 0 Å². The van der Waals surface area contributed by atoms with Gasteiger partial charge in [-0.1, -0.05) is 0 Å². The Labute approximate surface area is 77.9 Å². The molecule has 1 fully saturated rings. The van der Waals surface area contributed by atoms with Crippen LogP contribution in [0.1, 0.15) is 24.6 Å². The normalized spacial score (nSPS) is 21.6. The summed E-state index contributed by atoms with van der Waals surface area (Å²) < 4.78 is 10.6. The van der Waals surface area contributed by atoms with Crippen LogP contribution in [0, 0.1) is 5.92 Å². The molecule has 3 nitrogen and oxygen atoms in total. The van der Waals surface area contributed by atoms with Gasteiger partial charge in [0.05, 0.1) is 12.3 Å². The zero-order valence-corrected chi connectivity index (χ0v) is 7.61. The molecule has 0 spiro atoms. The van der Waals surface area contributed by atoms with Gasteiger partial charge in [0.15, 0.2) is 0 Å². The monoisotopic (exact) mass is 181 g/mol. The Kier molecular flexibility index (Phi) is 2.66. The van der Waals surface area contributed by atoms with Gasteiger partial charge in [0.25, 0.3) is 0 Å². The number of rotatable bonds is 2. The molecule has 13 heavy (non-hydrogen) atoms. The van der Waals surface area contributed by atoms with Crippen molar-refractivity contribution < 1.29 is 9.15 Å². The van der Waals surface area contributed by atoms with Crippen LogP contribution < -0.4 is 5.73 Å². The molecule has 2 rings (SSSR count). The van der Waals surface area contributed by atoms with Gasteiger partial charge in [-0.2, -0.15) is 0 Å². The maximum absolute atomic E-state index is 6.06. The Bertz CT molecular complexity index is 239. The van der Waals surface area contributed by atoms with E-state index in [-0.39, 0.29) is 6.04 Å². The third-order valence-corrected chi connectivity index (χ3v) is 2.65. The van der Waals surface area contributed by atoms with Crippen molar-refractivity contribution in [2.45, 2.75) is 18.9 Å². The van der Waals surface area contributed by atoms with E-state index in [1.165, 1.54) is 0 Å². The van der Waals surface area contributed by atoms with Crippen LogP contribution in [0.25, 0.3) is 0 Å². The Morgan fingerprint density at radius 2 is 2.15 bits per heavy atom. The van der Waals surface area contributed by atoms with Gasteiger partial charge >= 0.3 is 0 Å². The van der Waals surface area contributed by atoms with Crippen molar-refractivity contribution in [3.8, 4) is 0 Å². The van der Waals surface area contributed by atoms with Gasteiger partial charge < -0.3 is 14.9 Å². The van der Waals surface area contributed by atoms with E-state index in [4.69, 9.17) is 14.9 Å². The van der Waals surface area contributed by atoms with E-state index in [0.29, 0.717) is 5.92 Å². The Morgan fingerprint density at radius 1 is 1.38 bits per heavy atom. The fourth-order valence-electron chi connectivity index (χ4n) is 1.79. The molecule has 0 saturated carbocycles. The van der Waals surface area contributed by atoms with Crippen molar-refractivity contribution in [1.29, 1.82) is 0 Å². The van der Waals surface area contributed by atoms with Gasteiger partial charge in [0.1, 0.15) is 5.76 Å². The minimum absolute atomic E-state index is 0.0406. The highest BCUT2D eigenvalue weighted by Crippen LogP contribution is 2.27. The van der Waals surface area contributed by atoms with Crippen LogP contribution in [0.5, 0.6) is 0 Å². The minimum atomic E-state index is 0.0406. The van der Waals surface area contributed by atoms with Crippen molar-refractivity contribution in [2.75, 3.05) is 13.2 Å². The lowest BCUT2D eigenvalue weighted by Gasteiger charge is -2.26. The summed E-state index contributed by atoms with van der Waals surface area (Å²) in [5.74, 6) is 1.41. The average molecular weight is 181 g/mol. The molecule has 2 N–H and O–H groups in total. The standard InChI is InChI=1S/C10H15NO2/c11-10(9-2-1-5-13-9)8-3-6-12-7-4-8/h1-2,5,8,10H,3-4,6-7,11H2. The maximum atomic E-state index is 6.06. The summed E-state index contributed by atoms with van der Waals surface area (Å²) >= 11 is 0. The zero-order chi connectivity index (χ0) is 9.10. The number of hydrogen-bond acceptors (Lipinski definition) is 3. The van der Waals surface area contributed by atoms with Crippen LogP contribution in [-0.2, 0) is 4.74 Å². The highest BCUT2D eigenvalue weighted by atomic mass is 16.5. The van der Waals surface area contributed by atoms with Crippen LogP contribution in [-0.4, -0.2) is 13.2 Å². The van der Waals surface area contributed by atoms with E-state index in [9.17, 15) is 0 Å². The van der Waals surface area contributed by atoms with Crippen LogP contribution in [0.4, 0.5) is 0 Å². The van der Waals surface area contributed by atoms with Gasteiger partial charge in [-0.3, -0.25) is 0 Å². The lowest BCUT2D eigenvalue weighted by molar-refractivity contribution is 0.0560. The van der Waals surface area contributed by atoms with Crippen LogP contribution in [0.3, 0.4) is 0 Å². The minimum Gasteiger partial charge on any atom is -0.468 e. The summed E-state index contributed by atoms with van der Waals surface area (Å²) in [6.07, 6.45) is 3.76. The van der Waals surface area contributed by atoms with E-state index in [1.807, 2.05) is 12.1 Å². The van der Waals surface area contributed by atoms with E-state index in [1.54, 1.807) is 6.26 Å². The second-order valence-electron chi connectivity index (χ2n) is 3.49. The van der Waals surface area contributed by atoms with Gasteiger partial charge in [0, 0.05) is 13.2 Å². The number of nitrogens with two attached hydrogens (primary N) is 1. The highest BCUT2D eigenvalue weighted by molar-refractivity contribution is 5.05. The maximum Gasteiger partial charge on any atom is 0.120 e. The van der Waals surface area contributed by atoms with E-state index < -0.39 is 0 Å². The molecular weight excluding hydrogens is 166 g/mol. The second-order valence-corrected chi connectivity index (χ2v) is 3.49. The third kappa shape index (κ3) is 1.92. The Hall–Kier alpha value is -0.800. The molecule has 2 heterocycles. The molecule has 1 saturated heterocycles. The molecule has 1 atom stereocenters. The summed E-state index contributed by atoms with van der Waals surface area (Å²) in [5.41, 5.74) is 6.06. The topological polar surface area (TPSA) is 48.4 Å². The van der Waals surface area contributed by atoms with Crippen LogP contribution >= 0.6 is 0 Å². The predicted molar refractivity (Wildman–Crippen MR) is 49.2 cm³/mol. The Balaban J connectivity index is 1.99. The highest BCUT2D eigenvalue weighted by Gasteiger charge is 2.23. The first-order valence-corrected chi connectivity index (χ1v) is 4.74. The summed E-state index contributed by atoms with van der Waals surface area (Å²) in [4.78, 5) is 0. The van der Waals surface area contributed by atoms with Crippen LogP contribution in [0.15, 0.2) is 22.8 Å². The van der Waals surface area contributed by atoms with Crippen molar-refractivity contribution in [3.63, 3.8) is 0 Å². The summed E-state index contributed by atoms with van der Waals surface area (Å²) in [6, 6.07) is 3.87. The largest absolute Gasteiger partial charge is 0.468 e. The quantitative estimate of drug-likeness (QED) is 0.755. The molecule has 1 unspecified atom stereocenters. The number of furan rings is 1. The first kappa shape index (κ1) is 8.78. The van der Waals surface area contributed by atoms with Gasteiger partial charge in [0.2, 0.25) is 0 Å². The van der Waals surface area contributed by atoms with Gasteiger partial charge in [-0.05, 0) is 30.9 Å². The molecule has 72 valence electrons. The molecule has 0 radical (unpaired) electrons. The van der Waals surface area contributed by atoms with Gasteiger partial charge in [-0.15, -0.1) is 0 Å². The molecule has 3 heteroatoms. The second kappa shape index (κ2) is 3.94. The average Bonchev–Trinajstić information content (AvgIpc) is 2.71. The molecule has 0 bridgehead atoms. The molecule has 0 amide bonds.